The van der Waals surface area contributed by atoms with Crippen LogP contribution in [0.1, 0.15) is 11.7 Å². The first kappa shape index (κ1) is 9.41. The lowest BCUT2D eigenvalue weighted by atomic mass is 10.2. The summed E-state index contributed by atoms with van der Waals surface area (Å²) in [7, 11) is 0. The highest BCUT2D eigenvalue weighted by Gasteiger charge is 2.23. The first-order valence-corrected chi connectivity index (χ1v) is 5.25. The molecule has 0 spiro atoms. The van der Waals surface area contributed by atoms with E-state index in [9.17, 15) is 0 Å². The fourth-order valence-electron chi connectivity index (χ4n) is 1.69. The van der Waals surface area contributed by atoms with Crippen molar-refractivity contribution in [3.05, 3.63) is 24.2 Å². The summed E-state index contributed by atoms with van der Waals surface area (Å²) in [5.74, 6) is 0.692. The van der Waals surface area contributed by atoms with Gasteiger partial charge >= 0.3 is 0 Å². The molecule has 1 fully saturated rings. The quantitative estimate of drug-likeness (QED) is 0.776. The maximum absolute atomic E-state index is 4.38. The molecule has 0 saturated carbocycles. The lowest BCUT2D eigenvalue weighted by Gasteiger charge is -2.27. The van der Waals surface area contributed by atoms with E-state index >= 15 is 0 Å². The summed E-state index contributed by atoms with van der Waals surface area (Å²) in [5.41, 5.74) is 1.83. The van der Waals surface area contributed by atoms with E-state index in [1.807, 2.05) is 17.7 Å². The smallest absolute Gasteiger partial charge is 0.179 e. The van der Waals surface area contributed by atoms with E-state index in [0.29, 0.717) is 11.9 Å². The lowest BCUT2D eigenvalue weighted by Crippen LogP contribution is -2.44. The first-order chi connectivity index (χ1) is 7.84. The summed E-state index contributed by atoms with van der Waals surface area (Å²) in [6.07, 6.45) is 3.47. The van der Waals surface area contributed by atoms with Crippen LogP contribution in [0.25, 0.3) is 11.5 Å². The minimum Gasteiger partial charge on any atom is -0.312 e. The standard InChI is InChI=1S/C10H12N6/c1-7-2-3-12-10(14-7)9-6-13-15-16(9)8-4-11-5-8/h2-3,6,8,11H,4-5H2,1H3. The van der Waals surface area contributed by atoms with Crippen molar-refractivity contribution in [2.75, 3.05) is 13.1 Å². The van der Waals surface area contributed by atoms with Crippen molar-refractivity contribution < 1.29 is 0 Å². The van der Waals surface area contributed by atoms with Gasteiger partial charge in [-0.2, -0.15) is 0 Å². The highest BCUT2D eigenvalue weighted by atomic mass is 15.5. The van der Waals surface area contributed by atoms with Gasteiger partial charge < -0.3 is 5.32 Å². The molecule has 3 heterocycles. The second-order valence-corrected chi connectivity index (χ2v) is 3.90. The summed E-state index contributed by atoms with van der Waals surface area (Å²) >= 11 is 0. The molecular formula is C10H12N6. The SMILES string of the molecule is Cc1ccnc(-c2cnnn2C2CNC2)n1. The van der Waals surface area contributed by atoms with E-state index in [0.717, 1.165) is 24.5 Å². The Balaban J connectivity index is 2.02. The monoisotopic (exact) mass is 216 g/mol. The van der Waals surface area contributed by atoms with Crippen molar-refractivity contribution in [1.82, 2.24) is 30.3 Å². The van der Waals surface area contributed by atoms with Crippen LogP contribution >= 0.6 is 0 Å². The van der Waals surface area contributed by atoms with E-state index in [1.165, 1.54) is 0 Å². The van der Waals surface area contributed by atoms with Gasteiger partial charge in [-0.25, -0.2) is 14.6 Å². The Labute approximate surface area is 92.7 Å². The summed E-state index contributed by atoms with van der Waals surface area (Å²) in [5, 5.41) is 11.2. The average Bonchev–Trinajstić information content (AvgIpc) is 2.64. The molecule has 0 bridgehead atoms. The Kier molecular flexibility index (Phi) is 2.14. The molecule has 0 unspecified atom stereocenters. The maximum atomic E-state index is 4.38. The predicted octanol–water partition coefficient (Wildman–Crippen LogP) is 0.188. The van der Waals surface area contributed by atoms with E-state index in [1.54, 1.807) is 12.4 Å². The van der Waals surface area contributed by atoms with Gasteiger partial charge in [0.05, 0.1) is 12.2 Å². The van der Waals surface area contributed by atoms with Crippen molar-refractivity contribution in [3.63, 3.8) is 0 Å². The third-order valence-electron chi connectivity index (χ3n) is 2.70. The Bertz CT molecular complexity index is 502. The molecule has 1 aliphatic rings. The van der Waals surface area contributed by atoms with Gasteiger partial charge in [0.2, 0.25) is 0 Å². The Morgan fingerprint density at radius 3 is 3.00 bits per heavy atom. The van der Waals surface area contributed by atoms with Crippen LogP contribution in [0.5, 0.6) is 0 Å². The number of hydrogen-bond donors (Lipinski definition) is 1. The van der Waals surface area contributed by atoms with E-state index in [4.69, 9.17) is 0 Å². The molecule has 3 rings (SSSR count). The summed E-state index contributed by atoms with van der Waals surface area (Å²) < 4.78 is 1.89. The number of aryl methyl sites for hydroxylation is 1. The van der Waals surface area contributed by atoms with Crippen molar-refractivity contribution >= 4 is 0 Å². The van der Waals surface area contributed by atoms with Crippen molar-refractivity contribution in [3.8, 4) is 11.5 Å². The van der Waals surface area contributed by atoms with Gasteiger partial charge in [0.1, 0.15) is 5.69 Å². The van der Waals surface area contributed by atoms with Crippen LogP contribution < -0.4 is 5.32 Å². The summed E-state index contributed by atoms with van der Waals surface area (Å²) in [6, 6.07) is 2.25. The van der Waals surface area contributed by atoms with Gasteiger partial charge in [-0.05, 0) is 13.0 Å². The van der Waals surface area contributed by atoms with Gasteiger partial charge in [0.25, 0.3) is 0 Å². The number of nitrogens with zero attached hydrogens (tertiary/aromatic N) is 5. The van der Waals surface area contributed by atoms with Gasteiger partial charge in [-0.1, -0.05) is 5.21 Å². The van der Waals surface area contributed by atoms with Crippen LogP contribution in [0.4, 0.5) is 0 Å². The molecule has 0 atom stereocenters. The topological polar surface area (TPSA) is 68.5 Å². The highest BCUT2D eigenvalue weighted by molar-refractivity contribution is 5.47. The van der Waals surface area contributed by atoms with E-state index in [2.05, 4.69) is 25.6 Å². The Morgan fingerprint density at radius 1 is 1.44 bits per heavy atom. The van der Waals surface area contributed by atoms with E-state index < -0.39 is 0 Å². The molecule has 2 aromatic rings. The van der Waals surface area contributed by atoms with Crippen LogP contribution in [-0.4, -0.2) is 38.1 Å². The Morgan fingerprint density at radius 2 is 2.31 bits per heavy atom. The summed E-state index contributed by atoms with van der Waals surface area (Å²) in [4.78, 5) is 8.64. The molecule has 1 N–H and O–H groups in total. The molecule has 16 heavy (non-hydrogen) atoms. The maximum Gasteiger partial charge on any atom is 0.179 e. The summed E-state index contributed by atoms with van der Waals surface area (Å²) in [6.45, 7) is 3.81. The van der Waals surface area contributed by atoms with Crippen molar-refractivity contribution in [2.45, 2.75) is 13.0 Å². The van der Waals surface area contributed by atoms with Gasteiger partial charge in [-0.15, -0.1) is 5.10 Å². The molecule has 1 aliphatic heterocycles. The average molecular weight is 216 g/mol. The molecule has 0 amide bonds. The largest absolute Gasteiger partial charge is 0.312 e. The Hall–Kier alpha value is -1.82. The highest BCUT2D eigenvalue weighted by Crippen LogP contribution is 2.19. The van der Waals surface area contributed by atoms with Crippen LogP contribution in [0.15, 0.2) is 18.5 Å². The fraction of sp³-hybridized carbons (Fsp3) is 0.400. The molecule has 2 aromatic heterocycles. The van der Waals surface area contributed by atoms with Gasteiger partial charge in [0, 0.05) is 25.0 Å². The molecule has 6 nitrogen and oxygen atoms in total. The minimum atomic E-state index is 0.376. The zero-order chi connectivity index (χ0) is 11.0. The zero-order valence-electron chi connectivity index (χ0n) is 8.96. The first-order valence-electron chi connectivity index (χ1n) is 5.25. The molecule has 0 radical (unpaired) electrons. The van der Waals surface area contributed by atoms with E-state index in [-0.39, 0.29) is 0 Å². The third-order valence-corrected chi connectivity index (χ3v) is 2.70. The normalized spacial score (nSPS) is 16.1. The number of rotatable bonds is 2. The van der Waals surface area contributed by atoms with Crippen LogP contribution in [0.2, 0.25) is 0 Å². The molecular weight excluding hydrogens is 204 g/mol. The zero-order valence-corrected chi connectivity index (χ0v) is 8.96. The minimum absolute atomic E-state index is 0.376. The van der Waals surface area contributed by atoms with Crippen LogP contribution in [0, 0.1) is 6.92 Å². The molecule has 0 aromatic carbocycles. The second kappa shape index (κ2) is 3.64. The van der Waals surface area contributed by atoms with Crippen LogP contribution in [-0.2, 0) is 0 Å². The van der Waals surface area contributed by atoms with Crippen LogP contribution in [0.3, 0.4) is 0 Å². The molecule has 0 aliphatic carbocycles. The molecule has 82 valence electrons. The molecule has 1 saturated heterocycles. The van der Waals surface area contributed by atoms with Crippen molar-refractivity contribution in [1.29, 1.82) is 0 Å². The number of hydrogen-bond acceptors (Lipinski definition) is 5. The van der Waals surface area contributed by atoms with Gasteiger partial charge in [-0.3, -0.25) is 0 Å². The van der Waals surface area contributed by atoms with Gasteiger partial charge in [0.15, 0.2) is 5.82 Å². The fourth-order valence-corrected chi connectivity index (χ4v) is 1.69. The third kappa shape index (κ3) is 1.47. The molecule has 6 heteroatoms. The number of nitrogens with one attached hydrogen (secondary N) is 1. The number of aromatic nitrogens is 5. The predicted molar refractivity (Wildman–Crippen MR) is 57.7 cm³/mol. The second-order valence-electron chi connectivity index (χ2n) is 3.90. The van der Waals surface area contributed by atoms with Crippen molar-refractivity contribution in [2.24, 2.45) is 0 Å². The lowest BCUT2D eigenvalue weighted by molar-refractivity contribution is 0.315.